The Bertz CT molecular complexity index is 172. The molecule has 0 aliphatic rings. The van der Waals surface area contributed by atoms with E-state index in [9.17, 15) is 13.2 Å². The lowest BCUT2D eigenvalue weighted by Crippen LogP contribution is -2.20. The fraction of sp³-hybridized carbons (Fsp3) is 1.00. The molecule has 0 heterocycles. The third-order valence-electron chi connectivity index (χ3n) is 2.93. The zero-order valence-electron chi connectivity index (χ0n) is 10.7. The second kappa shape index (κ2) is 9.71. The maximum atomic E-state index is 11.8. The van der Waals surface area contributed by atoms with Gasteiger partial charge in [-0.15, -0.1) is 0 Å². The van der Waals surface area contributed by atoms with Gasteiger partial charge in [0.05, 0.1) is 0 Å². The number of hydrogen-bond donors (Lipinski definition) is 2. The van der Waals surface area contributed by atoms with Gasteiger partial charge in [-0.25, -0.2) is 0 Å². The average Bonchev–Trinajstić information content (AvgIpc) is 2.24. The van der Waals surface area contributed by atoms with Crippen molar-refractivity contribution in [1.29, 1.82) is 0 Å². The molecule has 3 N–H and O–H groups in total. The molecule has 1 unspecified atom stereocenters. The Morgan fingerprint density at radius 3 is 2.29 bits per heavy atom. The van der Waals surface area contributed by atoms with Crippen molar-refractivity contribution in [3.63, 3.8) is 0 Å². The molecule has 0 rings (SSSR count). The fourth-order valence-corrected chi connectivity index (χ4v) is 1.84. The Hall–Kier alpha value is -0.290. The molecule has 17 heavy (non-hydrogen) atoms. The van der Waals surface area contributed by atoms with Gasteiger partial charge in [0.2, 0.25) is 0 Å². The number of rotatable bonds is 10. The van der Waals surface area contributed by atoms with Crippen LogP contribution in [0.1, 0.15) is 45.4 Å². The van der Waals surface area contributed by atoms with E-state index in [2.05, 4.69) is 12.2 Å². The number of nitrogens with one attached hydrogen (secondary N) is 1. The Balaban J connectivity index is 3.28. The van der Waals surface area contributed by atoms with Crippen LogP contribution in [0.2, 0.25) is 0 Å². The van der Waals surface area contributed by atoms with Gasteiger partial charge < -0.3 is 11.1 Å². The maximum Gasteiger partial charge on any atom is 0.389 e. The Labute approximate surface area is 102 Å². The van der Waals surface area contributed by atoms with Gasteiger partial charge in [-0.3, -0.25) is 0 Å². The van der Waals surface area contributed by atoms with Crippen molar-refractivity contribution in [3.05, 3.63) is 0 Å². The molecule has 0 saturated heterocycles. The first kappa shape index (κ1) is 16.7. The van der Waals surface area contributed by atoms with E-state index in [0.29, 0.717) is 12.5 Å². The van der Waals surface area contributed by atoms with Gasteiger partial charge in [0.25, 0.3) is 0 Å². The molecule has 0 aromatic carbocycles. The highest BCUT2D eigenvalue weighted by Gasteiger charge is 2.25. The standard InChI is InChI=1S/C12H25F3N2/c1-2-11(6-8-16)5-3-9-17-10-4-7-12(13,14)15/h11,17H,2-10,16H2,1H3. The molecule has 104 valence electrons. The first-order valence-corrected chi connectivity index (χ1v) is 6.47. The van der Waals surface area contributed by atoms with Crippen LogP contribution < -0.4 is 11.1 Å². The largest absolute Gasteiger partial charge is 0.389 e. The smallest absolute Gasteiger partial charge is 0.330 e. The number of nitrogens with two attached hydrogens (primary N) is 1. The highest BCUT2D eigenvalue weighted by molar-refractivity contribution is 4.60. The average molecular weight is 254 g/mol. The van der Waals surface area contributed by atoms with Crippen molar-refractivity contribution in [3.8, 4) is 0 Å². The molecule has 0 saturated carbocycles. The molecule has 5 heteroatoms. The summed E-state index contributed by atoms with van der Waals surface area (Å²) in [6.45, 7) is 4.13. The van der Waals surface area contributed by atoms with Crippen molar-refractivity contribution in [2.75, 3.05) is 19.6 Å². The minimum Gasteiger partial charge on any atom is -0.330 e. The second-order valence-electron chi connectivity index (χ2n) is 4.46. The fourth-order valence-electron chi connectivity index (χ4n) is 1.84. The second-order valence-corrected chi connectivity index (χ2v) is 4.46. The molecule has 0 amide bonds. The van der Waals surface area contributed by atoms with Gasteiger partial charge in [0.1, 0.15) is 0 Å². The molecule has 0 aromatic heterocycles. The summed E-state index contributed by atoms with van der Waals surface area (Å²) in [6.07, 6.45) is -0.231. The van der Waals surface area contributed by atoms with E-state index in [4.69, 9.17) is 5.73 Å². The van der Waals surface area contributed by atoms with Crippen LogP contribution in [0.15, 0.2) is 0 Å². The van der Waals surface area contributed by atoms with E-state index in [0.717, 1.165) is 38.8 Å². The molecular weight excluding hydrogens is 229 g/mol. The highest BCUT2D eigenvalue weighted by Crippen LogP contribution is 2.20. The topological polar surface area (TPSA) is 38.0 Å². The molecular formula is C12H25F3N2. The summed E-state index contributed by atoms with van der Waals surface area (Å²) in [7, 11) is 0. The SMILES string of the molecule is CCC(CCN)CCCNCCCC(F)(F)F. The van der Waals surface area contributed by atoms with Crippen molar-refractivity contribution in [2.24, 2.45) is 11.7 Å². The van der Waals surface area contributed by atoms with E-state index in [-0.39, 0.29) is 6.42 Å². The Morgan fingerprint density at radius 1 is 1.12 bits per heavy atom. The van der Waals surface area contributed by atoms with Crippen LogP contribution in [0.4, 0.5) is 13.2 Å². The van der Waals surface area contributed by atoms with Crippen LogP contribution in [-0.2, 0) is 0 Å². The normalized spacial score (nSPS) is 13.9. The lowest BCUT2D eigenvalue weighted by molar-refractivity contribution is -0.135. The van der Waals surface area contributed by atoms with Gasteiger partial charge in [-0.2, -0.15) is 13.2 Å². The summed E-state index contributed by atoms with van der Waals surface area (Å²) in [5, 5.41) is 3.05. The molecule has 0 aliphatic heterocycles. The van der Waals surface area contributed by atoms with E-state index in [1.54, 1.807) is 0 Å². The van der Waals surface area contributed by atoms with E-state index < -0.39 is 12.6 Å². The summed E-state index contributed by atoms with van der Waals surface area (Å²) in [4.78, 5) is 0. The minimum absolute atomic E-state index is 0.170. The van der Waals surface area contributed by atoms with Crippen molar-refractivity contribution >= 4 is 0 Å². The van der Waals surface area contributed by atoms with Crippen LogP contribution in [-0.4, -0.2) is 25.8 Å². The molecule has 0 aromatic rings. The van der Waals surface area contributed by atoms with Crippen LogP contribution in [0.25, 0.3) is 0 Å². The summed E-state index contributed by atoms with van der Waals surface area (Å²) < 4.78 is 35.5. The molecule has 0 fully saturated rings. The summed E-state index contributed by atoms with van der Waals surface area (Å²) in [5.74, 6) is 0.664. The summed E-state index contributed by atoms with van der Waals surface area (Å²) in [6, 6.07) is 0. The number of halogens is 3. The zero-order valence-corrected chi connectivity index (χ0v) is 10.7. The van der Waals surface area contributed by atoms with Crippen molar-refractivity contribution in [1.82, 2.24) is 5.32 Å². The van der Waals surface area contributed by atoms with Gasteiger partial charge in [0, 0.05) is 6.42 Å². The Morgan fingerprint density at radius 2 is 1.76 bits per heavy atom. The third kappa shape index (κ3) is 12.0. The molecule has 0 spiro atoms. The maximum absolute atomic E-state index is 11.8. The van der Waals surface area contributed by atoms with Gasteiger partial charge >= 0.3 is 6.18 Å². The van der Waals surface area contributed by atoms with Gasteiger partial charge in [0.15, 0.2) is 0 Å². The minimum atomic E-state index is -4.02. The van der Waals surface area contributed by atoms with Gasteiger partial charge in [-0.1, -0.05) is 13.3 Å². The molecule has 2 nitrogen and oxygen atoms in total. The number of alkyl halides is 3. The molecule has 0 aliphatic carbocycles. The molecule has 1 atom stereocenters. The first-order chi connectivity index (χ1) is 7.99. The van der Waals surface area contributed by atoms with E-state index in [1.165, 1.54) is 0 Å². The third-order valence-corrected chi connectivity index (χ3v) is 2.93. The number of hydrogen-bond acceptors (Lipinski definition) is 2. The van der Waals surface area contributed by atoms with E-state index >= 15 is 0 Å². The Kier molecular flexibility index (Phi) is 9.55. The summed E-state index contributed by atoms with van der Waals surface area (Å²) in [5.41, 5.74) is 5.49. The predicted molar refractivity (Wildman–Crippen MR) is 64.8 cm³/mol. The van der Waals surface area contributed by atoms with Crippen LogP contribution in [0.5, 0.6) is 0 Å². The van der Waals surface area contributed by atoms with Crippen molar-refractivity contribution < 1.29 is 13.2 Å². The van der Waals surface area contributed by atoms with Crippen LogP contribution in [0, 0.1) is 5.92 Å². The zero-order chi connectivity index (χ0) is 13.1. The predicted octanol–water partition coefficient (Wildman–Crippen LogP) is 3.07. The first-order valence-electron chi connectivity index (χ1n) is 6.47. The van der Waals surface area contributed by atoms with Crippen LogP contribution in [0.3, 0.4) is 0 Å². The van der Waals surface area contributed by atoms with Gasteiger partial charge in [-0.05, 0) is 51.2 Å². The van der Waals surface area contributed by atoms with Crippen LogP contribution >= 0.6 is 0 Å². The lowest BCUT2D eigenvalue weighted by atomic mass is 9.97. The van der Waals surface area contributed by atoms with E-state index in [1.807, 2.05) is 0 Å². The lowest BCUT2D eigenvalue weighted by Gasteiger charge is -2.13. The van der Waals surface area contributed by atoms with Crippen molar-refractivity contribution in [2.45, 2.75) is 51.6 Å². The summed E-state index contributed by atoms with van der Waals surface area (Å²) >= 11 is 0. The monoisotopic (exact) mass is 254 g/mol. The quantitative estimate of drug-likeness (QED) is 0.588. The molecule has 0 bridgehead atoms. The molecule has 0 radical (unpaired) electrons. The highest BCUT2D eigenvalue weighted by atomic mass is 19.4.